The summed E-state index contributed by atoms with van der Waals surface area (Å²) in [6, 6.07) is 7.48. The van der Waals surface area contributed by atoms with Crippen LogP contribution in [0.4, 0.5) is 0 Å². The van der Waals surface area contributed by atoms with Gasteiger partial charge in [-0.2, -0.15) is 0 Å². The summed E-state index contributed by atoms with van der Waals surface area (Å²) >= 11 is 0. The number of aliphatic carboxylic acids is 1. The molecule has 15 heteroatoms. The average molecular weight is 923 g/mol. The Hall–Kier alpha value is -4.76. The Bertz CT molecular complexity index is 1830. The Morgan fingerprint density at radius 3 is 1.98 bits per heavy atom. The van der Waals surface area contributed by atoms with E-state index in [9.17, 15) is 43.5 Å². The fourth-order valence-electron chi connectivity index (χ4n) is 9.86. The van der Waals surface area contributed by atoms with Gasteiger partial charge in [0.1, 0.15) is 5.78 Å². The molecule has 0 unspecified atom stereocenters. The summed E-state index contributed by atoms with van der Waals surface area (Å²) < 4.78 is 12.0. The van der Waals surface area contributed by atoms with Crippen LogP contribution in [0.15, 0.2) is 42.5 Å². The lowest BCUT2D eigenvalue weighted by molar-refractivity contribution is -0.150. The Labute approximate surface area is 393 Å². The molecule has 2 aliphatic heterocycles. The summed E-state index contributed by atoms with van der Waals surface area (Å²) in [5.41, 5.74) is 0.828. The van der Waals surface area contributed by atoms with Gasteiger partial charge in [-0.25, -0.2) is 0 Å². The highest BCUT2D eigenvalue weighted by Crippen LogP contribution is 2.32. The third-order valence-electron chi connectivity index (χ3n) is 14.0. The Morgan fingerprint density at radius 1 is 0.803 bits per heavy atom. The summed E-state index contributed by atoms with van der Waals surface area (Å²) in [6.07, 6.45) is 4.92. The molecule has 66 heavy (non-hydrogen) atoms. The summed E-state index contributed by atoms with van der Waals surface area (Å²) in [5, 5.41) is 10.00. The third kappa shape index (κ3) is 14.9. The number of methoxy groups -OCH3 is 2. The zero-order chi connectivity index (χ0) is 49.4. The summed E-state index contributed by atoms with van der Waals surface area (Å²) in [6.45, 7) is 14.0. The minimum absolute atomic E-state index is 0.0458. The molecule has 1 N–H and O–H groups in total. The van der Waals surface area contributed by atoms with Crippen molar-refractivity contribution in [2.24, 2.45) is 35.5 Å². The number of imide groups is 1. The number of unbranched alkanes of at least 4 members (excludes halogenated alkanes) is 2. The molecule has 2 heterocycles. The highest BCUT2D eigenvalue weighted by Gasteiger charge is 2.44. The lowest BCUT2D eigenvalue weighted by Crippen LogP contribution is -2.54. The minimum Gasteiger partial charge on any atom is -0.481 e. The van der Waals surface area contributed by atoms with Gasteiger partial charge >= 0.3 is 5.97 Å². The number of carboxylic acid groups (broad SMARTS) is 1. The van der Waals surface area contributed by atoms with Gasteiger partial charge in [-0.15, -0.1) is 0 Å². The van der Waals surface area contributed by atoms with Crippen molar-refractivity contribution in [1.82, 2.24) is 19.6 Å². The van der Waals surface area contributed by atoms with Crippen LogP contribution in [-0.2, 0) is 54.3 Å². The van der Waals surface area contributed by atoms with E-state index in [0.29, 0.717) is 45.1 Å². The highest BCUT2D eigenvalue weighted by molar-refractivity contribution is 6.12. The van der Waals surface area contributed by atoms with Crippen LogP contribution in [0.5, 0.6) is 0 Å². The van der Waals surface area contributed by atoms with E-state index in [4.69, 9.17) is 9.47 Å². The number of Topliss-reactive ketones (excluding diaryl/α,β-unsaturated/α-hetero) is 2. The van der Waals surface area contributed by atoms with Gasteiger partial charge in [0, 0.05) is 84.7 Å². The number of hydrogen-bond donors (Lipinski definition) is 1. The molecular weight excluding hydrogens is 845 g/mol. The molecule has 15 nitrogen and oxygen atoms in total. The SMILES string of the molecule is CC[C@H](C)[C@@H]([C@@H](CC(=O)N1CCC[C@H]1[C@H](OC)[C@@H](C)C(=O)C[C@@H](Cc1ccccc1)C(=O)O)OC)N(C)C(=O)[C@@H](CC(=O)[C@H](C(C)C)N(C)C(=O)CCCCCN1C(=O)C=CC1=O)C(C)C. The van der Waals surface area contributed by atoms with Gasteiger partial charge in [-0.05, 0) is 55.4 Å². The zero-order valence-corrected chi connectivity index (χ0v) is 41.4. The van der Waals surface area contributed by atoms with Gasteiger partial charge in [-0.3, -0.25) is 43.3 Å². The number of ether oxygens (including phenoxy) is 2. The molecule has 0 saturated carbocycles. The normalized spacial score (nSPS) is 18.8. The first-order chi connectivity index (χ1) is 31.2. The van der Waals surface area contributed by atoms with Crippen molar-refractivity contribution in [3.8, 4) is 0 Å². The maximum Gasteiger partial charge on any atom is 0.307 e. The molecule has 9 atom stereocenters. The van der Waals surface area contributed by atoms with Crippen molar-refractivity contribution in [3.05, 3.63) is 48.0 Å². The molecule has 1 aromatic carbocycles. The predicted octanol–water partition coefficient (Wildman–Crippen LogP) is 6.01. The number of hydrogen-bond acceptors (Lipinski definition) is 10. The Balaban J connectivity index is 1.71. The Kier molecular flexibility index (Phi) is 22.3. The molecule has 1 saturated heterocycles. The molecule has 5 amide bonds. The largest absolute Gasteiger partial charge is 0.481 e. The van der Waals surface area contributed by atoms with E-state index in [1.54, 1.807) is 30.8 Å². The van der Waals surface area contributed by atoms with Crippen molar-refractivity contribution >= 4 is 47.1 Å². The van der Waals surface area contributed by atoms with E-state index in [-0.39, 0.29) is 97.5 Å². The topological polar surface area (TPSA) is 188 Å². The number of ketones is 2. The van der Waals surface area contributed by atoms with Crippen molar-refractivity contribution in [2.45, 2.75) is 149 Å². The van der Waals surface area contributed by atoms with Gasteiger partial charge in [0.05, 0.1) is 42.7 Å². The molecule has 0 radical (unpaired) electrons. The number of carbonyl (C=O) groups is 8. The number of carboxylic acids is 1. The minimum atomic E-state index is -1.05. The van der Waals surface area contributed by atoms with Crippen LogP contribution in [0.3, 0.4) is 0 Å². The molecule has 0 spiro atoms. The smallest absolute Gasteiger partial charge is 0.307 e. The molecule has 2 aliphatic rings. The number of rotatable bonds is 29. The quantitative estimate of drug-likeness (QED) is 0.0733. The fourth-order valence-corrected chi connectivity index (χ4v) is 9.86. The van der Waals surface area contributed by atoms with Crippen LogP contribution in [0.1, 0.15) is 118 Å². The van der Waals surface area contributed by atoms with Gasteiger partial charge in [0.2, 0.25) is 17.7 Å². The maximum atomic E-state index is 14.6. The number of amides is 5. The van der Waals surface area contributed by atoms with Crippen LogP contribution >= 0.6 is 0 Å². The molecule has 0 aliphatic carbocycles. The first kappa shape index (κ1) is 55.6. The third-order valence-corrected chi connectivity index (χ3v) is 14.0. The lowest BCUT2D eigenvalue weighted by atomic mass is 9.83. The molecule has 0 aromatic heterocycles. The van der Waals surface area contributed by atoms with E-state index in [0.717, 1.165) is 5.56 Å². The zero-order valence-electron chi connectivity index (χ0n) is 41.4. The van der Waals surface area contributed by atoms with Crippen LogP contribution in [0, 0.1) is 35.5 Å². The molecule has 3 rings (SSSR count). The summed E-state index contributed by atoms with van der Waals surface area (Å²) in [4.78, 5) is 112. The van der Waals surface area contributed by atoms with Crippen molar-refractivity contribution in [3.63, 3.8) is 0 Å². The highest BCUT2D eigenvalue weighted by atomic mass is 16.5. The van der Waals surface area contributed by atoms with E-state index in [1.165, 1.54) is 36.2 Å². The fraction of sp³-hybridized carbons (Fsp3) is 0.686. The maximum absolute atomic E-state index is 14.6. The predicted molar refractivity (Wildman–Crippen MR) is 251 cm³/mol. The number of carbonyl (C=O) groups excluding carboxylic acids is 7. The molecule has 1 aromatic rings. The average Bonchev–Trinajstić information content (AvgIpc) is 3.89. The van der Waals surface area contributed by atoms with Crippen LogP contribution in [0.25, 0.3) is 0 Å². The van der Waals surface area contributed by atoms with Crippen molar-refractivity contribution < 1.29 is 52.9 Å². The van der Waals surface area contributed by atoms with Crippen molar-refractivity contribution in [1.29, 1.82) is 0 Å². The number of likely N-dealkylation sites (N-methyl/N-ethyl adjacent to an activating group) is 2. The van der Waals surface area contributed by atoms with Crippen LogP contribution < -0.4 is 0 Å². The standard InChI is InChI=1S/C51H78N4O11/c1-12-34(6)48(42(65-10)31-46(61)54-27-19-22-39(54)49(66-11)35(7)40(56)29-37(51(63)64)28-36-20-15-13-16-21-36)53(9)50(62)38(32(2)3)30-41(57)47(33(4)5)52(8)43(58)23-17-14-18-26-55-44(59)24-25-45(55)60/h13,15-16,20-21,24-25,32-35,37-39,42,47-49H,12,14,17-19,22-23,26-31H2,1-11H3,(H,63,64)/t34-,35-,37+,38-,39-,42+,47-,48-,49+/m0/s1. The number of benzene rings is 1. The second-order valence-electron chi connectivity index (χ2n) is 19.2. The summed E-state index contributed by atoms with van der Waals surface area (Å²) in [7, 11) is 6.35. The molecular formula is C51H78N4O11. The summed E-state index contributed by atoms with van der Waals surface area (Å²) in [5.74, 6) is -5.68. The van der Waals surface area contributed by atoms with Crippen molar-refractivity contribution in [2.75, 3.05) is 41.4 Å². The monoisotopic (exact) mass is 923 g/mol. The van der Waals surface area contributed by atoms with E-state index < -0.39 is 54.1 Å². The number of likely N-dealkylation sites (tertiary alicyclic amines) is 1. The van der Waals surface area contributed by atoms with E-state index in [2.05, 4.69) is 0 Å². The first-order valence-electron chi connectivity index (χ1n) is 23.9. The van der Waals surface area contributed by atoms with Gasteiger partial charge < -0.3 is 29.3 Å². The first-order valence-corrected chi connectivity index (χ1v) is 23.9. The van der Waals surface area contributed by atoms with Gasteiger partial charge in [-0.1, -0.05) is 91.6 Å². The lowest BCUT2D eigenvalue weighted by Gasteiger charge is -2.41. The second kappa shape index (κ2) is 26.5. The van der Waals surface area contributed by atoms with Gasteiger partial charge in [0.15, 0.2) is 5.78 Å². The Morgan fingerprint density at radius 2 is 1.44 bits per heavy atom. The van der Waals surface area contributed by atoms with E-state index >= 15 is 0 Å². The second-order valence-corrected chi connectivity index (χ2v) is 19.2. The molecule has 0 bridgehead atoms. The van der Waals surface area contributed by atoms with E-state index in [1.807, 2.05) is 71.9 Å². The van der Waals surface area contributed by atoms with Gasteiger partial charge in [0.25, 0.3) is 11.8 Å². The molecule has 368 valence electrons. The van der Waals surface area contributed by atoms with Crippen LogP contribution in [0.2, 0.25) is 0 Å². The van der Waals surface area contributed by atoms with Crippen LogP contribution in [-0.4, -0.2) is 144 Å². The number of nitrogens with zero attached hydrogens (tertiary/aromatic N) is 4. The molecule has 1 fully saturated rings.